The van der Waals surface area contributed by atoms with Gasteiger partial charge in [-0.1, -0.05) is 27.3 Å². The summed E-state index contributed by atoms with van der Waals surface area (Å²) in [4.78, 5) is 16.3. The number of anilines is 2. The summed E-state index contributed by atoms with van der Waals surface area (Å²) in [7, 11) is 0. The highest BCUT2D eigenvalue weighted by atomic mass is 79.9. The third-order valence-electron chi connectivity index (χ3n) is 2.77. The van der Waals surface area contributed by atoms with Crippen molar-refractivity contribution in [3.63, 3.8) is 0 Å². The van der Waals surface area contributed by atoms with Gasteiger partial charge in [0.2, 0.25) is 0 Å². The third-order valence-corrected chi connectivity index (χ3v) is 4.15. The summed E-state index contributed by atoms with van der Waals surface area (Å²) < 4.78 is 1.90. The van der Waals surface area contributed by atoms with Gasteiger partial charge in [0, 0.05) is 15.7 Å². The molecule has 0 spiro atoms. The number of nitrogens with one attached hydrogen (secondary N) is 1. The van der Waals surface area contributed by atoms with Gasteiger partial charge in [-0.15, -0.1) is 0 Å². The Balaban J connectivity index is 1.84. The molecule has 0 aliphatic carbocycles. The summed E-state index contributed by atoms with van der Waals surface area (Å²) in [5, 5.41) is 3.39. The monoisotopic (exact) mass is 347 g/mol. The molecule has 0 aliphatic rings. The number of fused-ring (bicyclic) bond motifs is 1. The van der Waals surface area contributed by atoms with E-state index in [2.05, 4.69) is 26.2 Å². The highest BCUT2D eigenvalue weighted by molar-refractivity contribution is 9.10. The Hall–Kier alpha value is -1.92. The summed E-state index contributed by atoms with van der Waals surface area (Å²) in [5.74, 6) is -0.144. The summed E-state index contributed by atoms with van der Waals surface area (Å²) in [6.07, 6.45) is 0. The fourth-order valence-corrected chi connectivity index (χ4v) is 2.86. The molecular formula is C14H10BrN3OS. The molecule has 1 amide bonds. The average molecular weight is 348 g/mol. The van der Waals surface area contributed by atoms with Crippen LogP contribution < -0.4 is 11.1 Å². The maximum absolute atomic E-state index is 12.1. The average Bonchev–Trinajstić information content (AvgIpc) is 2.78. The van der Waals surface area contributed by atoms with Gasteiger partial charge in [0.15, 0.2) is 5.13 Å². The van der Waals surface area contributed by atoms with Gasteiger partial charge in [0.25, 0.3) is 5.91 Å². The standard InChI is InChI=1S/C14H10BrN3OS/c15-9-3-1-8(2-4-9)13(19)17-10-5-6-11-12(7-10)20-14(16)18-11/h1-7H,(H2,16,18)(H,17,19). The molecule has 0 atom stereocenters. The van der Waals surface area contributed by atoms with E-state index in [0.29, 0.717) is 10.7 Å². The normalized spacial score (nSPS) is 10.7. The molecule has 3 rings (SSSR count). The van der Waals surface area contributed by atoms with Crippen LogP contribution >= 0.6 is 27.3 Å². The van der Waals surface area contributed by atoms with Gasteiger partial charge in [-0.05, 0) is 42.5 Å². The Morgan fingerprint density at radius 2 is 1.95 bits per heavy atom. The Labute approximate surface area is 127 Å². The Morgan fingerprint density at radius 1 is 1.20 bits per heavy atom. The molecule has 100 valence electrons. The quantitative estimate of drug-likeness (QED) is 0.738. The second-order valence-electron chi connectivity index (χ2n) is 4.20. The van der Waals surface area contributed by atoms with E-state index in [1.807, 2.05) is 30.3 Å². The first-order valence-corrected chi connectivity index (χ1v) is 7.46. The minimum Gasteiger partial charge on any atom is -0.375 e. The first-order chi connectivity index (χ1) is 9.61. The van der Waals surface area contributed by atoms with Gasteiger partial charge in [0.05, 0.1) is 10.2 Å². The zero-order chi connectivity index (χ0) is 14.1. The van der Waals surface area contributed by atoms with Gasteiger partial charge < -0.3 is 11.1 Å². The number of nitrogen functional groups attached to an aromatic ring is 1. The SMILES string of the molecule is Nc1nc2ccc(NC(=O)c3ccc(Br)cc3)cc2s1. The number of carbonyl (C=O) groups excluding carboxylic acids is 1. The van der Waals surface area contributed by atoms with Crippen LogP contribution in [0.1, 0.15) is 10.4 Å². The number of nitrogens with two attached hydrogens (primary N) is 1. The molecule has 0 unspecified atom stereocenters. The van der Waals surface area contributed by atoms with Crippen molar-refractivity contribution in [2.45, 2.75) is 0 Å². The first kappa shape index (κ1) is 13.1. The number of nitrogens with zero attached hydrogens (tertiary/aromatic N) is 1. The second-order valence-corrected chi connectivity index (χ2v) is 6.17. The molecule has 4 nitrogen and oxygen atoms in total. The van der Waals surface area contributed by atoms with Gasteiger partial charge in [-0.3, -0.25) is 4.79 Å². The number of amides is 1. The van der Waals surface area contributed by atoms with Crippen molar-refractivity contribution in [1.82, 2.24) is 4.98 Å². The van der Waals surface area contributed by atoms with Gasteiger partial charge >= 0.3 is 0 Å². The van der Waals surface area contributed by atoms with Gasteiger partial charge in [0.1, 0.15) is 0 Å². The molecule has 0 radical (unpaired) electrons. The zero-order valence-electron chi connectivity index (χ0n) is 10.3. The van der Waals surface area contributed by atoms with E-state index in [9.17, 15) is 4.79 Å². The van der Waals surface area contributed by atoms with E-state index in [-0.39, 0.29) is 5.91 Å². The van der Waals surface area contributed by atoms with E-state index >= 15 is 0 Å². The lowest BCUT2D eigenvalue weighted by Crippen LogP contribution is -2.11. The van der Waals surface area contributed by atoms with Crippen molar-refractivity contribution in [3.05, 3.63) is 52.5 Å². The fourth-order valence-electron chi connectivity index (χ4n) is 1.82. The van der Waals surface area contributed by atoms with Gasteiger partial charge in [-0.25, -0.2) is 4.98 Å². The summed E-state index contributed by atoms with van der Waals surface area (Å²) in [6.45, 7) is 0. The number of benzene rings is 2. The van der Waals surface area contributed by atoms with Crippen LogP contribution in [0, 0.1) is 0 Å². The van der Waals surface area contributed by atoms with Crippen molar-refractivity contribution >= 4 is 54.2 Å². The van der Waals surface area contributed by atoms with E-state index in [1.54, 1.807) is 12.1 Å². The summed E-state index contributed by atoms with van der Waals surface area (Å²) >= 11 is 4.74. The zero-order valence-corrected chi connectivity index (χ0v) is 12.7. The van der Waals surface area contributed by atoms with Crippen molar-refractivity contribution in [1.29, 1.82) is 0 Å². The van der Waals surface area contributed by atoms with Crippen molar-refractivity contribution in [3.8, 4) is 0 Å². The number of carbonyl (C=O) groups is 1. The lowest BCUT2D eigenvalue weighted by molar-refractivity contribution is 0.102. The van der Waals surface area contributed by atoms with Crippen molar-refractivity contribution in [2.75, 3.05) is 11.1 Å². The third kappa shape index (κ3) is 2.66. The molecule has 3 N–H and O–H groups in total. The Morgan fingerprint density at radius 3 is 2.70 bits per heavy atom. The molecule has 2 aromatic carbocycles. The largest absolute Gasteiger partial charge is 0.375 e. The van der Waals surface area contributed by atoms with E-state index in [0.717, 1.165) is 20.4 Å². The summed E-state index contributed by atoms with van der Waals surface area (Å²) in [6, 6.07) is 12.7. The molecule has 3 aromatic rings. The predicted molar refractivity (Wildman–Crippen MR) is 86.1 cm³/mol. The predicted octanol–water partition coefficient (Wildman–Crippen LogP) is 3.89. The van der Waals surface area contributed by atoms with Crippen LogP contribution in [0.25, 0.3) is 10.2 Å². The maximum Gasteiger partial charge on any atom is 0.255 e. The summed E-state index contributed by atoms with van der Waals surface area (Å²) in [5.41, 5.74) is 7.84. The number of aromatic nitrogens is 1. The maximum atomic E-state index is 12.1. The molecule has 1 aromatic heterocycles. The molecular weight excluding hydrogens is 338 g/mol. The van der Waals surface area contributed by atoms with E-state index < -0.39 is 0 Å². The van der Waals surface area contributed by atoms with Crippen LogP contribution in [0.4, 0.5) is 10.8 Å². The topological polar surface area (TPSA) is 68.0 Å². The van der Waals surface area contributed by atoms with E-state index in [1.165, 1.54) is 11.3 Å². The van der Waals surface area contributed by atoms with Crippen molar-refractivity contribution < 1.29 is 4.79 Å². The molecule has 1 heterocycles. The number of rotatable bonds is 2. The lowest BCUT2D eigenvalue weighted by Gasteiger charge is -2.05. The fraction of sp³-hybridized carbons (Fsp3) is 0. The molecule has 0 aliphatic heterocycles. The Bertz CT molecular complexity index is 783. The van der Waals surface area contributed by atoms with Crippen LogP contribution in [0.2, 0.25) is 0 Å². The minimum atomic E-state index is -0.144. The second kappa shape index (κ2) is 5.22. The molecule has 20 heavy (non-hydrogen) atoms. The molecule has 6 heteroatoms. The molecule has 0 fully saturated rings. The number of hydrogen-bond donors (Lipinski definition) is 2. The van der Waals surface area contributed by atoms with Crippen LogP contribution in [0.3, 0.4) is 0 Å². The highest BCUT2D eigenvalue weighted by Crippen LogP contribution is 2.26. The lowest BCUT2D eigenvalue weighted by atomic mass is 10.2. The van der Waals surface area contributed by atoms with Crippen LogP contribution in [-0.2, 0) is 0 Å². The highest BCUT2D eigenvalue weighted by Gasteiger charge is 2.07. The van der Waals surface area contributed by atoms with Crippen LogP contribution in [0.15, 0.2) is 46.9 Å². The number of hydrogen-bond acceptors (Lipinski definition) is 4. The molecule has 0 saturated carbocycles. The van der Waals surface area contributed by atoms with E-state index in [4.69, 9.17) is 5.73 Å². The smallest absolute Gasteiger partial charge is 0.255 e. The molecule has 0 bridgehead atoms. The Kier molecular flexibility index (Phi) is 3.42. The van der Waals surface area contributed by atoms with Crippen molar-refractivity contribution in [2.24, 2.45) is 0 Å². The number of thiazole rings is 1. The molecule has 0 saturated heterocycles. The van der Waals surface area contributed by atoms with Crippen LogP contribution in [0.5, 0.6) is 0 Å². The number of halogens is 1. The van der Waals surface area contributed by atoms with Gasteiger partial charge in [-0.2, -0.15) is 0 Å². The first-order valence-electron chi connectivity index (χ1n) is 5.85. The van der Waals surface area contributed by atoms with Crippen LogP contribution in [-0.4, -0.2) is 10.9 Å². The minimum absolute atomic E-state index is 0.144.